The Morgan fingerprint density at radius 2 is 2.17 bits per heavy atom. The van der Waals surface area contributed by atoms with Crippen LogP contribution in [0.3, 0.4) is 0 Å². The maximum atomic E-state index is 11.1. The van der Waals surface area contributed by atoms with Crippen molar-refractivity contribution in [3.63, 3.8) is 0 Å². The fourth-order valence-corrected chi connectivity index (χ4v) is 2.58. The lowest BCUT2D eigenvalue weighted by Gasteiger charge is -2.40. The van der Waals surface area contributed by atoms with E-state index in [1.54, 1.807) is 0 Å². The van der Waals surface area contributed by atoms with Crippen LogP contribution in [-0.4, -0.2) is 24.2 Å². The molecule has 1 rings (SSSR count). The summed E-state index contributed by atoms with van der Waals surface area (Å²) in [7, 11) is 0. The molecule has 0 aromatic rings. The molecule has 1 aliphatic heterocycles. The maximum absolute atomic E-state index is 11.1. The highest BCUT2D eigenvalue weighted by Gasteiger charge is 2.35. The molecule has 1 aliphatic rings. The molecule has 0 spiro atoms. The molecule has 4 nitrogen and oxygen atoms in total. The topological polar surface area (TPSA) is 47.6 Å². The first kappa shape index (κ1) is 15.2. The SMILES string of the molecule is C=CC(=O)OOC(C(C)C)C1CCNC(C)(C)C1. The van der Waals surface area contributed by atoms with Gasteiger partial charge in [0, 0.05) is 11.6 Å². The summed E-state index contributed by atoms with van der Waals surface area (Å²) in [6, 6.07) is 0. The quantitative estimate of drug-likeness (QED) is 0.466. The second kappa shape index (κ2) is 6.34. The number of hydrogen-bond acceptors (Lipinski definition) is 4. The molecule has 1 heterocycles. The molecule has 1 fully saturated rings. The van der Waals surface area contributed by atoms with Crippen molar-refractivity contribution in [1.29, 1.82) is 0 Å². The summed E-state index contributed by atoms with van der Waals surface area (Å²) in [4.78, 5) is 21.2. The largest absolute Gasteiger partial charge is 0.365 e. The average molecular weight is 255 g/mol. The van der Waals surface area contributed by atoms with Crippen LogP contribution in [-0.2, 0) is 14.6 Å². The number of carbonyl (C=O) groups excluding carboxylic acids is 1. The van der Waals surface area contributed by atoms with Crippen molar-refractivity contribution in [2.75, 3.05) is 6.54 Å². The number of piperidine rings is 1. The Morgan fingerprint density at radius 3 is 2.67 bits per heavy atom. The highest BCUT2D eigenvalue weighted by Crippen LogP contribution is 2.31. The van der Waals surface area contributed by atoms with Crippen LogP contribution in [0.5, 0.6) is 0 Å². The Kier molecular flexibility index (Phi) is 5.35. The fourth-order valence-electron chi connectivity index (χ4n) is 2.58. The third-order valence-corrected chi connectivity index (χ3v) is 3.42. The third-order valence-electron chi connectivity index (χ3n) is 3.42. The van der Waals surface area contributed by atoms with Crippen molar-refractivity contribution in [2.24, 2.45) is 11.8 Å². The molecule has 0 aliphatic carbocycles. The zero-order valence-corrected chi connectivity index (χ0v) is 11.9. The van der Waals surface area contributed by atoms with Gasteiger partial charge < -0.3 is 5.32 Å². The molecule has 0 saturated carbocycles. The van der Waals surface area contributed by atoms with Gasteiger partial charge in [-0.15, -0.1) is 0 Å². The minimum Gasteiger partial charge on any atom is -0.312 e. The number of carbonyl (C=O) groups is 1. The van der Waals surface area contributed by atoms with Crippen LogP contribution in [0.1, 0.15) is 40.5 Å². The van der Waals surface area contributed by atoms with Crippen molar-refractivity contribution in [2.45, 2.75) is 52.2 Å². The lowest BCUT2D eigenvalue weighted by Crippen LogP contribution is -2.49. The van der Waals surface area contributed by atoms with E-state index in [9.17, 15) is 4.79 Å². The molecule has 0 bridgehead atoms. The Balaban J connectivity index is 2.60. The Bertz CT molecular complexity index is 299. The van der Waals surface area contributed by atoms with E-state index in [0.717, 1.165) is 25.5 Å². The second-order valence-corrected chi connectivity index (χ2v) is 5.97. The summed E-state index contributed by atoms with van der Waals surface area (Å²) in [6.45, 7) is 12.9. The first-order valence-corrected chi connectivity index (χ1v) is 6.60. The third kappa shape index (κ3) is 4.42. The molecule has 0 radical (unpaired) electrons. The zero-order valence-electron chi connectivity index (χ0n) is 11.9. The lowest BCUT2D eigenvalue weighted by molar-refractivity contribution is -0.312. The highest BCUT2D eigenvalue weighted by molar-refractivity contribution is 5.80. The van der Waals surface area contributed by atoms with E-state index in [2.05, 4.69) is 39.6 Å². The van der Waals surface area contributed by atoms with Crippen molar-refractivity contribution in [3.05, 3.63) is 12.7 Å². The van der Waals surface area contributed by atoms with Gasteiger partial charge in [-0.1, -0.05) is 20.4 Å². The molecule has 2 atom stereocenters. The molecular formula is C14H25NO3. The van der Waals surface area contributed by atoms with Gasteiger partial charge in [0.2, 0.25) is 0 Å². The summed E-state index contributed by atoms with van der Waals surface area (Å²) >= 11 is 0. The summed E-state index contributed by atoms with van der Waals surface area (Å²) in [5, 5.41) is 3.48. The van der Waals surface area contributed by atoms with E-state index in [0.29, 0.717) is 11.8 Å². The monoisotopic (exact) mass is 255 g/mol. The van der Waals surface area contributed by atoms with Crippen LogP contribution in [0.4, 0.5) is 0 Å². The summed E-state index contributed by atoms with van der Waals surface area (Å²) in [5.74, 6) is 0.175. The normalized spacial score (nSPS) is 24.6. The van der Waals surface area contributed by atoms with Gasteiger partial charge in [-0.2, -0.15) is 4.89 Å². The van der Waals surface area contributed by atoms with Crippen LogP contribution < -0.4 is 5.32 Å². The smallest absolute Gasteiger partial charge is 0.312 e. The first-order valence-electron chi connectivity index (χ1n) is 6.60. The molecule has 1 saturated heterocycles. The van der Waals surface area contributed by atoms with Crippen LogP contribution in [0.2, 0.25) is 0 Å². The van der Waals surface area contributed by atoms with Gasteiger partial charge in [-0.3, -0.25) is 4.89 Å². The van der Waals surface area contributed by atoms with Crippen LogP contribution >= 0.6 is 0 Å². The van der Waals surface area contributed by atoms with Crippen molar-refractivity contribution in [1.82, 2.24) is 5.32 Å². The summed E-state index contributed by atoms with van der Waals surface area (Å²) in [5.41, 5.74) is 0.113. The Hall–Kier alpha value is -0.870. The summed E-state index contributed by atoms with van der Waals surface area (Å²) < 4.78 is 0. The fraction of sp³-hybridized carbons (Fsp3) is 0.786. The average Bonchev–Trinajstić information content (AvgIpc) is 2.27. The predicted octanol–water partition coefficient (Wildman–Crippen LogP) is 2.45. The van der Waals surface area contributed by atoms with E-state index in [-0.39, 0.29) is 11.6 Å². The minimum absolute atomic E-state index is 0.0599. The molecule has 0 aromatic carbocycles. The summed E-state index contributed by atoms with van der Waals surface area (Å²) in [6.07, 6.45) is 3.11. The molecule has 0 aromatic heterocycles. The van der Waals surface area contributed by atoms with Gasteiger partial charge in [0.05, 0.1) is 0 Å². The zero-order chi connectivity index (χ0) is 13.8. The standard InChI is InChI=1S/C14H25NO3/c1-6-12(16)17-18-13(10(2)3)11-7-8-15-14(4,5)9-11/h6,10-11,13,15H,1,7-9H2,2-5H3. The molecule has 104 valence electrons. The second-order valence-electron chi connectivity index (χ2n) is 5.97. The predicted molar refractivity (Wildman–Crippen MR) is 70.8 cm³/mol. The van der Waals surface area contributed by atoms with E-state index in [1.165, 1.54) is 0 Å². The van der Waals surface area contributed by atoms with E-state index < -0.39 is 5.97 Å². The molecule has 2 unspecified atom stereocenters. The number of rotatable bonds is 5. The number of nitrogens with one attached hydrogen (secondary N) is 1. The van der Waals surface area contributed by atoms with Gasteiger partial charge in [0.15, 0.2) is 0 Å². The van der Waals surface area contributed by atoms with E-state index in [4.69, 9.17) is 9.78 Å². The Morgan fingerprint density at radius 1 is 1.50 bits per heavy atom. The van der Waals surface area contributed by atoms with Crippen molar-refractivity contribution in [3.8, 4) is 0 Å². The first-order chi connectivity index (χ1) is 8.35. The van der Waals surface area contributed by atoms with Gasteiger partial charge in [-0.25, -0.2) is 4.79 Å². The number of hydrogen-bond donors (Lipinski definition) is 1. The van der Waals surface area contributed by atoms with Crippen molar-refractivity contribution < 1.29 is 14.6 Å². The lowest BCUT2D eigenvalue weighted by atomic mass is 9.78. The maximum Gasteiger partial charge on any atom is 0.365 e. The Labute approximate surface area is 110 Å². The van der Waals surface area contributed by atoms with Crippen LogP contribution in [0.15, 0.2) is 12.7 Å². The molecule has 0 amide bonds. The van der Waals surface area contributed by atoms with Crippen molar-refractivity contribution >= 4 is 5.97 Å². The van der Waals surface area contributed by atoms with E-state index >= 15 is 0 Å². The molecular weight excluding hydrogens is 230 g/mol. The highest BCUT2D eigenvalue weighted by atomic mass is 17.2. The van der Waals surface area contributed by atoms with Gasteiger partial charge in [0.1, 0.15) is 6.10 Å². The van der Waals surface area contributed by atoms with Crippen LogP contribution in [0.25, 0.3) is 0 Å². The molecule has 4 heteroatoms. The van der Waals surface area contributed by atoms with E-state index in [1.807, 2.05) is 0 Å². The van der Waals surface area contributed by atoms with Crippen LogP contribution in [0, 0.1) is 11.8 Å². The minimum atomic E-state index is -0.533. The van der Waals surface area contributed by atoms with Gasteiger partial charge in [-0.05, 0) is 45.1 Å². The van der Waals surface area contributed by atoms with Gasteiger partial charge in [0.25, 0.3) is 0 Å². The molecule has 18 heavy (non-hydrogen) atoms. The van der Waals surface area contributed by atoms with Gasteiger partial charge >= 0.3 is 5.97 Å². The molecule has 1 N–H and O–H groups in total.